The van der Waals surface area contributed by atoms with Crippen molar-refractivity contribution in [3.63, 3.8) is 0 Å². The summed E-state index contributed by atoms with van der Waals surface area (Å²) in [6.45, 7) is 1.99. The van der Waals surface area contributed by atoms with Gasteiger partial charge in [0.1, 0.15) is 0 Å². The molecule has 1 unspecified atom stereocenters. The molecule has 0 aliphatic rings. The second-order valence-electron chi connectivity index (χ2n) is 2.80. The number of hydrogen-bond acceptors (Lipinski definition) is 2. The van der Waals surface area contributed by atoms with Gasteiger partial charge in [0.15, 0.2) is 0 Å². The Morgan fingerprint density at radius 2 is 2.25 bits per heavy atom. The number of nitrogens with two attached hydrogens (primary N) is 1. The summed E-state index contributed by atoms with van der Waals surface area (Å²) in [5, 5.41) is 8.81. The molecule has 66 valence electrons. The zero-order chi connectivity index (χ0) is 9.14. The van der Waals surface area contributed by atoms with E-state index in [0.29, 0.717) is 0 Å². The molecule has 2 nitrogen and oxygen atoms in total. The van der Waals surface area contributed by atoms with E-state index in [4.69, 9.17) is 10.8 Å². The lowest BCUT2D eigenvalue weighted by Gasteiger charge is -2.09. The van der Waals surface area contributed by atoms with Crippen LogP contribution >= 0.6 is 15.9 Å². The van der Waals surface area contributed by atoms with Crippen LogP contribution in [0, 0.1) is 6.92 Å². The summed E-state index contributed by atoms with van der Waals surface area (Å²) >= 11 is 3.41. The van der Waals surface area contributed by atoms with Gasteiger partial charge < -0.3 is 10.8 Å². The Kier molecular flexibility index (Phi) is 3.26. The molecule has 0 radical (unpaired) electrons. The highest BCUT2D eigenvalue weighted by atomic mass is 79.9. The first-order chi connectivity index (χ1) is 5.65. The first-order valence-electron chi connectivity index (χ1n) is 3.77. The van der Waals surface area contributed by atoms with Gasteiger partial charge in [0.05, 0.1) is 12.6 Å². The molecule has 1 aromatic rings. The first kappa shape index (κ1) is 9.71. The Morgan fingerprint density at radius 3 is 2.75 bits per heavy atom. The fourth-order valence-corrected chi connectivity index (χ4v) is 1.34. The molecule has 3 N–H and O–H groups in total. The molecule has 0 heterocycles. The summed E-state index contributed by atoms with van der Waals surface area (Å²) in [6.07, 6.45) is 0. The van der Waals surface area contributed by atoms with Gasteiger partial charge in [-0.3, -0.25) is 0 Å². The Morgan fingerprint density at radius 1 is 1.58 bits per heavy atom. The Bertz CT molecular complexity index is 275. The van der Waals surface area contributed by atoms with E-state index in [0.717, 1.165) is 10.0 Å². The van der Waals surface area contributed by atoms with E-state index in [9.17, 15) is 0 Å². The highest BCUT2D eigenvalue weighted by molar-refractivity contribution is 9.10. The van der Waals surface area contributed by atoms with Crippen molar-refractivity contribution in [2.45, 2.75) is 13.0 Å². The number of aliphatic hydroxyl groups excluding tert-OH is 1. The molecule has 1 rings (SSSR count). The molecule has 0 aliphatic heterocycles. The number of aryl methyl sites for hydroxylation is 1. The van der Waals surface area contributed by atoms with Gasteiger partial charge in [-0.2, -0.15) is 0 Å². The second kappa shape index (κ2) is 4.03. The van der Waals surface area contributed by atoms with Crippen LogP contribution in [0.15, 0.2) is 22.7 Å². The molecule has 0 spiro atoms. The molecule has 0 fully saturated rings. The SMILES string of the molecule is Cc1ccc(C(N)CO)cc1Br. The Balaban J connectivity index is 2.96. The second-order valence-corrected chi connectivity index (χ2v) is 3.65. The van der Waals surface area contributed by atoms with E-state index < -0.39 is 0 Å². The maximum Gasteiger partial charge on any atom is 0.0624 e. The van der Waals surface area contributed by atoms with Gasteiger partial charge in [-0.1, -0.05) is 28.1 Å². The molecular weight excluding hydrogens is 218 g/mol. The van der Waals surface area contributed by atoms with Crippen LogP contribution in [0.2, 0.25) is 0 Å². The molecule has 0 amide bonds. The van der Waals surface area contributed by atoms with E-state index >= 15 is 0 Å². The van der Waals surface area contributed by atoms with E-state index in [2.05, 4.69) is 15.9 Å². The highest BCUT2D eigenvalue weighted by Gasteiger charge is 2.04. The average Bonchev–Trinajstić information content (AvgIpc) is 2.08. The van der Waals surface area contributed by atoms with Crippen LogP contribution in [-0.4, -0.2) is 11.7 Å². The molecule has 0 saturated heterocycles. The lowest BCUT2D eigenvalue weighted by atomic mass is 10.1. The van der Waals surface area contributed by atoms with Crippen LogP contribution in [0.25, 0.3) is 0 Å². The topological polar surface area (TPSA) is 46.2 Å². The van der Waals surface area contributed by atoms with E-state index in [1.807, 2.05) is 25.1 Å². The first-order valence-corrected chi connectivity index (χ1v) is 4.57. The largest absolute Gasteiger partial charge is 0.394 e. The number of hydrogen-bond donors (Lipinski definition) is 2. The van der Waals surface area contributed by atoms with Crippen LogP contribution in [0.1, 0.15) is 17.2 Å². The Labute approximate surface area is 80.5 Å². The third-order valence-corrected chi connectivity index (χ3v) is 2.68. The molecule has 1 atom stereocenters. The summed E-state index contributed by atoms with van der Waals surface area (Å²) in [5.74, 6) is 0. The van der Waals surface area contributed by atoms with Crippen molar-refractivity contribution in [3.05, 3.63) is 33.8 Å². The standard InChI is InChI=1S/C9H12BrNO/c1-6-2-3-7(4-8(6)10)9(11)5-12/h2-4,9,12H,5,11H2,1H3. The van der Waals surface area contributed by atoms with Gasteiger partial charge in [0.25, 0.3) is 0 Å². The Hall–Kier alpha value is -0.380. The van der Waals surface area contributed by atoms with Gasteiger partial charge in [-0.15, -0.1) is 0 Å². The number of halogens is 1. The van der Waals surface area contributed by atoms with Crippen LogP contribution in [0.5, 0.6) is 0 Å². The number of benzene rings is 1. The summed E-state index contributed by atoms with van der Waals surface area (Å²) in [7, 11) is 0. The quantitative estimate of drug-likeness (QED) is 0.812. The summed E-state index contributed by atoms with van der Waals surface area (Å²) in [4.78, 5) is 0. The number of aliphatic hydroxyl groups is 1. The van der Waals surface area contributed by atoms with Crippen molar-refractivity contribution in [3.8, 4) is 0 Å². The third-order valence-electron chi connectivity index (χ3n) is 1.82. The summed E-state index contributed by atoms with van der Waals surface area (Å²) in [6, 6.07) is 5.58. The highest BCUT2D eigenvalue weighted by Crippen LogP contribution is 2.20. The van der Waals surface area contributed by atoms with E-state index in [1.54, 1.807) is 0 Å². The molecule has 0 aliphatic carbocycles. The van der Waals surface area contributed by atoms with E-state index in [1.165, 1.54) is 5.56 Å². The minimum atomic E-state index is -0.276. The summed E-state index contributed by atoms with van der Waals surface area (Å²) < 4.78 is 1.03. The van der Waals surface area contributed by atoms with Crippen molar-refractivity contribution in [2.24, 2.45) is 5.73 Å². The minimum Gasteiger partial charge on any atom is -0.394 e. The van der Waals surface area contributed by atoms with Gasteiger partial charge in [-0.05, 0) is 24.1 Å². The van der Waals surface area contributed by atoms with Crippen LogP contribution in [0.4, 0.5) is 0 Å². The predicted molar refractivity (Wildman–Crippen MR) is 52.9 cm³/mol. The fraction of sp³-hybridized carbons (Fsp3) is 0.333. The lowest BCUT2D eigenvalue weighted by molar-refractivity contribution is 0.268. The monoisotopic (exact) mass is 229 g/mol. The smallest absolute Gasteiger partial charge is 0.0624 e. The molecule has 0 saturated carbocycles. The van der Waals surface area contributed by atoms with Gasteiger partial charge in [-0.25, -0.2) is 0 Å². The van der Waals surface area contributed by atoms with Crippen LogP contribution < -0.4 is 5.73 Å². The summed E-state index contributed by atoms with van der Waals surface area (Å²) in [5.41, 5.74) is 7.77. The maximum absolute atomic E-state index is 8.81. The van der Waals surface area contributed by atoms with Crippen molar-refractivity contribution >= 4 is 15.9 Å². The van der Waals surface area contributed by atoms with Crippen molar-refractivity contribution < 1.29 is 5.11 Å². The lowest BCUT2D eigenvalue weighted by Crippen LogP contribution is -2.14. The van der Waals surface area contributed by atoms with Crippen LogP contribution in [0.3, 0.4) is 0 Å². The number of rotatable bonds is 2. The molecule has 0 aromatic heterocycles. The average molecular weight is 230 g/mol. The van der Waals surface area contributed by atoms with Crippen molar-refractivity contribution in [2.75, 3.05) is 6.61 Å². The van der Waals surface area contributed by atoms with Crippen molar-refractivity contribution in [1.29, 1.82) is 0 Å². The van der Waals surface area contributed by atoms with Crippen molar-refractivity contribution in [1.82, 2.24) is 0 Å². The zero-order valence-electron chi connectivity index (χ0n) is 6.92. The molecular formula is C9H12BrNO. The normalized spacial score (nSPS) is 13.0. The molecule has 12 heavy (non-hydrogen) atoms. The van der Waals surface area contributed by atoms with Crippen LogP contribution in [-0.2, 0) is 0 Å². The zero-order valence-corrected chi connectivity index (χ0v) is 8.51. The molecule has 0 bridgehead atoms. The predicted octanol–water partition coefficient (Wildman–Crippen LogP) is 1.75. The fourth-order valence-electron chi connectivity index (χ4n) is 0.945. The minimum absolute atomic E-state index is 0.0184. The molecule has 1 aromatic carbocycles. The van der Waals surface area contributed by atoms with Gasteiger partial charge >= 0.3 is 0 Å². The van der Waals surface area contributed by atoms with Gasteiger partial charge in [0.2, 0.25) is 0 Å². The van der Waals surface area contributed by atoms with E-state index in [-0.39, 0.29) is 12.6 Å². The third kappa shape index (κ3) is 2.06. The maximum atomic E-state index is 8.81. The molecule has 3 heteroatoms. The van der Waals surface area contributed by atoms with Gasteiger partial charge in [0, 0.05) is 4.47 Å².